The van der Waals surface area contributed by atoms with Crippen LogP contribution in [0.2, 0.25) is 0 Å². The van der Waals surface area contributed by atoms with E-state index in [1.54, 1.807) is 10.6 Å². The quantitative estimate of drug-likeness (QED) is 0.319. The average molecular weight is 358 g/mol. The van der Waals surface area contributed by atoms with Crippen LogP contribution in [0.3, 0.4) is 0 Å². The van der Waals surface area contributed by atoms with E-state index in [9.17, 15) is 14.9 Å². The molecule has 0 aliphatic rings. The molecule has 20 heavy (non-hydrogen) atoms. The summed E-state index contributed by atoms with van der Waals surface area (Å²) in [7, 11) is 0. The molecule has 0 bridgehead atoms. The number of nitrogen functional groups attached to an aromatic ring is 1. The summed E-state index contributed by atoms with van der Waals surface area (Å²) in [4.78, 5) is 22.2. The fourth-order valence-corrected chi connectivity index (χ4v) is 2.43. The van der Waals surface area contributed by atoms with E-state index < -0.39 is 4.92 Å². The standard InChI is InChI=1S/C12H11N3O3S.BrH/c1-8-7-19-12(13)14(8)6-11(16)9-3-2-4-10(5-9)15(17)18;/h2-5,7,13H,6H2,1H3;1H. The third kappa shape index (κ3) is 3.40. The molecule has 0 aliphatic heterocycles. The zero-order valence-electron chi connectivity index (χ0n) is 10.6. The number of benzene rings is 1. The number of thiazole rings is 1. The van der Waals surface area contributed by atoms with Gasteiger partial charge in [0.15, 0.2) is 6.54 Å². The summed E-state index contributed by atoms with van der Waals surface area (Å²) in [5.41, 5.74) is 6.88. The Bertz CT molecular complexity index is 638. The smallest absolute Gasteiger partial charge is 0.332 e. The number of carbonyl (C=O) groups is 1. The van der Waals surface area contributed by atoms with Crippen LogP contribution in [-0.4, -0.2) is 10.7 Å². The van der Waals surface area contributed by atoms with Gasteiger partial charge in [-0.1, -0.05) is 23.5 Å². The first-order chi connectivity index (χ1) is 8.99. The first-order valence-electron chi connectivity index (χ1n) is 5.50. The number of nitrogens with zero attached hydrogens (tertiary/aromatic N) is 2. The summed E-state index contributed by atoms with van der Waals surface area (Å²) in [6, 6.07) is 5.70. The average Bonchev–Trinajstić information content (AvgIpc) is 2.70. The molecule has 1 aromatic heterocycles. The third-order valence-corrected chi connectivity index (χ3v) is 3.64. The Morgan fingerprint density at radius 3 is 2.75 bits per heavy atom. The lowest BCUT2D eigenvalue weighted by Gasteiger charge is -2.01. The fourth-order valence-electron chi connectivity index (χ4n) is 1.68. The molecule has 8 heteroatoms. The SMILES string of the molecule is Cc1csc(N)[n+]1CC(=O)c1cccc([N+](=O)[O-])c1.[Br-]. The summed E-state index contributed by atoms with van der Waals surface area (Å²) in [5.74, 6) is -0.207. The molecule has 1 aromatic carbocycles. The summed E-state index contributed by atoms with van der Waals surface area (Å²) in [6.07, 6.45) is 0. The van der Waals surface area contributed by atoms with Gasteiger partial charge in [0.05, 0.1) is 4.92 Å². The van der Waals surface area contributed by atoms with Gasteiger partial charge in [-0.25, -0.2) is 4.57 Å². The van der Waals surface area contributed by atoms with E-state index in [2.05, 4.69) is 0 Å². The van der Waals surface area contributed by atoms with E-state index in [4.69, 9.17) is 5.73 Å². The first kappa shape index (κ1) is 16.3. The third-order valence-electron chi connectivity index (χ3n) is 2.72. The monoisotopic (exact) mass is 357 g/mol. The molecule has 0 amide bonds. The van der Waals surface area contributed by atoms with Gasteiger partial charge in [-0.15, -0.1) is 0 Å². The van der Waals surface area contributed by atoms with Crippen LogP contribution in [0.15, 0.2) is 29.6 Å². The molecule has 0 aliphatic carbocycles. The number of hydrogen-bond acceptors (Lipinski definition) is 5. The maximum atomic E-state index is 12.1. The first-order valence-corrected chi connectivity index (χ1v) is 6.38. The van der Waals surface area contributed by atoms with Crippen molar-refractivity contribution in [2.75, 3.05) is 5.73 Å². The lowest BCUT2D eigenvalue weighted by Crippen LogP contribution is -3.00. The van der Waals surface area contributed by atoms with E-state index >= 15 is 0 Å². The predicted molar refractivity (Wildman–Crippen MR) is 71.1 cm³/mol. The van der Waals surface area contributed by atoms with Crippen molar-refractivity contribution in [2.24, 2.45) is 0 Å². The molecule has 0 spiro atoms. The lowest BCUT2D eigenvalue weighted by atomic mass is 10.1. The maximum absolute atomic E-state index is 12.1. The largest absolute Gasteiger partial charge is 1.00 e. The Balaban J connectivity index is 0.00000200. The maximum Gasteiger partial charge on any atom is 0.332 e. The van der Waals surface area contributed by atoms with Gasteiger partial charge in [0, 0.05) is 23.1 Å². The molecule has 6 nitrogen and oxygen atoms in total. The molecule has 0 atom stereocenters. The van der Waals surface area contributed by atoms with Crippen molar-refractivity contribution in [1.29, 1.82) is 0 Å². The molecule has 2 rings (SSSR count). The molecule has 0 radical (unpaired) electrons. The van der Waals surface area contributed by atoms with E-state index in [1.807, 2.05) is 12.3 Å². The number of Topliss-reactive ketones (excluding diaryl/α,β-unsaturated/α-hetero) is 1. The van der Waals surface area contributed by atoms with Crippen LogP contribution in [0.5, 0.6) is 0 Å². The summed E-state index contributed by atoms with van der Waals surface area (Å²) >= 11 is 1.36. The Morgan fingerprint density at radius 1 is 1.50 bits per heavy atom. The second-order valence-electron chi connectivity index (χ2n) is 4.03. The zero-order chi connectivity index (χ0) is 14.0. The number of aromatic nitrogens is 1. The lowest BCUT2D eigenvalue weighted by molar-refractivity contribution is -0.670. The van der Waals surface area contributed by atoms with Crippen molar-refractivity contribution in [3.8, 4) is 0 Å². The van der Waals surface area contributed by atoms with Crippen LogP contribution in [-0.2, 0) is 6.54 Å². The molecule has 0 saturated carbocycles. The van der Waals surface area contributed by atoms with Crippen molar-refractivity contribution in [2.45, 2.75) is 13.5 Å². The van der Waals surface area contributed by atoms with Crippen molar-refractivity contribution < 1.29 is 31.3 Å². The molecular weight excluding hydrogens is 346 g/mol. The van der Waals surface area contributed by atoms with Gasteiger partial charge in [0.25, 0.3) is 5.69 Å². The van der Waals surface area contributed by atoms with Gasteiger partial charge in [-0.2, -0.15) is 0 Å². The van der Waals surface area contributed by atoms with Gasteiger partial charge >= 0.3 is 5.13 Å². The Labute approximate surface area is 129 Å². The normalized spacial score (nSPS) is 9.85. The number of hydrogen-bond donors (Lipinski definition) is 1. The highest BCUT2D eigenvalue weighted by Crippen LogP contribution is 2.14. The second-order valence-corrected chi connectivity index (χ2v) is 4.92. The number of aryl methyl sites for hydroxylation is 1. The Kier molecular flexibility index (Phi) is 5.34. The van der Waals surface area contributed by atoms with Crippen molar-refractivity contribution in [3.63, 3.8) is 0 Å². The highest BCUT2D eigenvalue weighted by Gasteiger charge is 2.18. The number of halogens is 1. The number of nitro groups is 1. The molecule has 0 saturated heterocycles. The molecule has 1 heterocycles. The van der Waals surface area contributed by atoms with Crippen LogP contribution < -0.4 is 27.3 Å². The number of nitrogens with two attached hydrogens (primary N) is 1. The van der Waals surface area contributed by atoms with Crippen LogP contribution in [0, 0.1) is 17.0 Å². The van der Waals surface area contributed by atoms with Gasteiger partial charge in [0.1, 0.15) is 5.69 Å². The molecule has 0 unspecified atom stereocenters. The van der Waals surface area contributed by atoms with Crippen LogP contribution >= 0.6 is 11.3 Å². The fraction of sp³-hybridized carbons (Fsp3) is 0.167. The van der Waals surface area contributed by atoms with Gasteiger partial charge in [-0.05, 0) is 6.92 Å². The number of ketones is 1. The number of non-ortho nitro benzene ring substituents is 1. The highest BCUT2D eigenvalue weighted by molar-refractivity contribution is 7.13. The molecule has 106 valence electrons. The summed E-state index contributed by atoms with van der Waals surface area (Å²) in [5, 5.41) is 13.1. The summed E-state index contributed by atoms with van der Waals surface area (Å²) < 4.78 is 1.69. The molecular formula is C12H12BrN3O3S. The summed E-state index contributed by atoms with van der Waals surface area (Å²) in [6.45, 7) is 1.94. The van der Waals surface area contributed by atoms with Crippen LogP contribution in [0.25, 0.3) is 0 Å². The van der Waals surface area contributed by atoms with E-state index in [0.717, 1.165) is 5.69 Å². The van der Waals surface area contributed by atoms with Crippen molar-refractivity contribution >= 4 is 27.9 Å². The van der Waals surface area contributed by atoms with Crippen LogP contribution in [0.1, 0.15) is 16.1 Å². The predicted octanol–water partition coefficient (Wildman–Crippen LogP) is -1.28. The topological polar surface area (TPSA) is 90.1 Å². The number of anilines is 1. The highest BCUT2D eigenvalue weighted by atomic mass is 79.9. The molecule has 2 N–H and O–H groups in total. The minimum Gasteiger partial charge on any atom is -1.00 e. The van der Waals surface area contributed by atoms with Gasteiger partial charge in [-0.3, -0.25) is 20.6 Å². The Hall–Kier alpha value is -1.80. The number of nitro benzene ring substituents is 1. The zero-order valence-corrected chi connectivity index (χ0v) is 13.0. The van der Waals surface area contributed by atoms with Crippen molar-refractivity contribution in [1.82, 2.24) is 0 Å². The number of carbonyl (C=O) groups excluding carboxylic acids is 1. The number of rotatable bonds is 4. The van der Waals surface area contributed by atoms with E-state index in [0.29, 0.717) is 10.7 Å². The minimum absolute atomic E-state index is 0. The van der Waals surface area contributed by atoms with Gasteiger partial charge in [0.2, 0.25) is 5.78 Å². The van der Waals surface area contributed by atoms with E-state index in [1.165, 1.54) is 29.5 Å². The second kappa shape index (κ2) is 6.58. The van der Waals surface area contributed by atoms with E-state index in [-0.39, 0.29) is 35.0 Å². The molecule has 2 aromatic rings. The minimum atomic E-state index is -0.520. The van der Waals surface area contributed by atoms with Crippen LogP contribution in [0.4, 0.5) is 10.8 Å². The van der Waals surface area contributed by atoms with Crippen molar-refractivity contribution in [3.05, 3.63) is 51.0 Å². The molecule has 0 fully saturated rings. The Morgan fingerprint density at radius 2 is 2.20 bits per heavy atom. The van der Waals surface area contributed by atoms with Gasteiger partial charge < -0.3 is 17.0 Å².